The van der Waals surface area contributed by atoms with E-state index in [0.29, 0.717) is 39.9 Å². The molecule has 0 saturated carbocycles. The maximum absolute atomic E-state index is 16.3. The number of fused-ring (bicyclic) bond motifs is 16. The Hall–Kier alpha value is -11.2. The van der Waals surface area contributed by atoms with E-state index in [1.54, 1.807) is 49.4 Å². The predicted molar refractivity (Wildman–Crippen MR) is 453 cm³/mol. The maximum Gasteiger partial charge on any atom is 0.248 e. The molecule has 0 aliphatic carbocycles. The number of halogens is 4. The topological polar surface area (TPSA) is 572 Å². The molecule has 21 N–H and O–H groups in total. The second-order valence-electron chi connectivity index (χ2n) is 31.0. The number of unbranched alkanes of at least 4 members (excludes halogenated alkanes) is 1. The molecule has 6 heterocycles. The molecule has 6 aliphatic heterocycles. The predicted octanol–water partition coefficient (Wildman–Crippen LogP) is 6.87. The lowest BCUT2D eigenvalue weighted by Crippen LogP contribution is -2.64. The number of ether oxygens (including phenoxy) is 7. The fourth-order valence-electron chi connectivity index (χ4n) is 14.8. The van der Waals surface area contributed by atoms with Crippen LogP contribution in [0.25, 0.3) is 21.6 Å². The highest BCUT2D eigenvalue weighted by molar-refractivity contribution is 6.42. The Balaban J connectivity index is 1.12. The average Bonchev–Trinajstić information content (AvgIpc) is 0.766. The van der Waals surface area contributed by atoms with Gasteiger partial charge in [-0.05, 0) is 170 Å². The SMILES string of the molecule is CNC(=O)C1NC(=O)C2NC(=O)[C@H](CC(N)=O)NC(=O)C(NC(=O)C(CC(C)C)NC)C(O)c3ccc(c(Cl)c3)Oc3cc2cc(c3OC2OC(CN=[N+]=[N-])C(O)C(O)C2OC2CC(C)(Nc3cccc(OCc4ccc(Cl)c(Cl)c4)c3)C(O)C(C)O2)Oc2ccc(cc2Cl)C(O)CC(=O)N[C@@H](C(=O)NCCCCN)c2cc(O)cc(O)c2-c2cc1ccc2O. The highest BCUT2D eigenvalue weighted by Crippen LogP contribution is 2.50. The van der Waals surface area contributed by atoms with Gasteiger partial charge >= 0.3 is 0 Å². The number of nitrogens with zero attached hydrogens (tertiary/aromatic N) is 3. The van der Waals surface area contributed by atoms with E-state index in [9.17, 15) is 70.4 Å². The van der Waals surface area contributed by atoms with Crippen LogP contribution in [0.5, 0.6) is 51.7 Å². The summed E-state index contributed by atoms with van der Waals surface area (Å²) in [5.41, 5.74) is 18.9. The highest BCUT2D eigenvalue weighted by Gasteiger charge is 2.52. The number of aliphatic hydroxyl groups is 5. The van der Waals surface area contributed by atoms with Gasteiger partial charge in [-0.15, -0.1) is 0 Å². The first-order valence-electron chi connectivity index (χ1n) is 39.7. The number of phenols is 3. The van der Waals surface area contributed by atoms with Crippen LogP contribution in [-0.4, -0.2) is 195 Å². The van der Waals surface area contributed by atoms with Crippen molar-refractivity contribution in [1.29, 1.82) is 0 Å². The molecule has 13 rings (SSSR count). The number of nitrogens with two attached hydrogens (primary N) is 2. The van der Waals surface area contributed by atoms with Gasteiger partial charge < -0.3 is 133 Å². The van der Waals surface area contributed by atoms with E-state index in [1.165, 1.54) is 45.3 Å². The fourth-order valence-corrected chi connectivity index (χ4v) is 15.6. The van der Waals surface area contributed by atoms with Crippen LogP contribution < -0.4 is 78.3 Å². The molecule has 2 fully saturated rings. The number of rotatable bonds is 24. The van der Waals surface area contributed by atoms with Crippen LogP contribution >= 0.6 is 46.4 Å². The number of carbonyl (C=O) groups is 8. The van der Waals surface area contributed by atoms with Crippen molar-refractivity contribution in [2.24, 2.45) is 22.5 Å². The number of carbonyl (C=O) groups excluding carboxylic acids is 8. The summed E-state index contributed by atoms with van der Waals surface area (Å²) in [6.45, 7) is 6.46. The summed E-state index contributed by atoms with van der Waals surface area (Å²) in [5, 5.41) is 124. The van der Waals surface area contributed by atoms with Crippen molar-refractivity contribution in [2.45, 2.75) is 176 Å². The van der Waals surface area contributed by atoms with Gasteiger partial charge in [0.2, 0.25) is 59.3 Å². The number of aliphatic hydroxyl groups excluding tert-OH is 5. The van der Waals surface area contributed by atoms with Crippen molar-refractivity contribution < 1.29 is 112 Å². The van der Waals surface area contributed by atoms with Crippen LogP contribution in [0.3, 0.4) is 0 Å². The standard InChI is InChI=1S/C84H96Cl4N14O23/c1-37(2)22-53(92-5)77(113)100-70-71(109)42-15-19-59(52(88)26-42)122-61-28-43-27-60(74(61)125-83-75(73(111)72(110)62(123-83)35-95-102-91)124-65-34-84(4,76(112)38(3)120-65)101-44-10-9-11-46(29-44)119-36-39-12-16-49(85)50(86)23-39)121-58-18-14-40(25-51(58)87)56(105)33-64(108)97-69(80(116)94-21-8-7-20-89)48-30-45(103)31-57(106)66(48)47-24-41(13-17-55(47)104)67(79(115)93-6)99-81(117)68(43)98-78(114)54(32-63(90)107)96-82(70)118/h9-19,23-31,37-38,53-54,56,62,65,67-73,75-76,83,92,101,103-106,109-112H,7-8,20-22,32-36,89H2,1-6H3,(H2,90,107)(H,93,115)(H,94,116)(H,96,118)(H,97,108)(H,98,114)(H,99,117)(H,100,113)/t38?,53?,54-,56?,62?,65?,67?,68?,69+,70?,71?,72?,73?,75?,76?,83?,84?/m0/s1. The van der Waals surface area contributed by atoms with E-state index in [1.807, 2.05) is 13.8 Å². The van der Waals surface area contributed by atoms with Crippen molar-refractivity contribution in [3.8, 4) is 62.9 Å². The van der Waals surface area contributed by atoms with Crippen LogP contribution in [0, 0.1) is 5.92 Å². The van der Waals surface area contributed by atoms with Gasteiger partial charge in [0.05, 0.1) is 69.4 Å². The molecule has 8 amide bonds. The van der Waals surface area contributed by atoms with Crippen molar-refractivity contribution in [3.05, 3.63) is 185 Å². The Morgan fingerprint density at radius 2 is 1.42 bits per heavy atom. The number of aromatic hydroxyl groups is 3. The Labute approximate surface area is 735 Å². The largest absolute Gasteiger partial charge is 0.508 e. The number of amides is 8. The number of azide groups is 1. The molecule has 6 aliphatic rings. The summed E-state index contributed by atoms with van der Waals surface area (Å²) in [6, 6.07) is 14.8. The second-order valence-corrected chi connectivity index (χ2v) is 32.6. The molecule has 0 aromatic heterocycles. The monoisotopic (exact) mass is 1810 g/mol. The smallest absolute Gasteiger partial charge is 0.248 e. The Bertz CT molecular complexity index is 5230. The molecule has 41 heteroatoms. The molecule has 37 nitrogen and oxygen atoms in total. The van der Waals surface area contributed by atoms with E-state index >= 15 is 14.4 Å². The second kappa shape index (κ2) is 41.7. The number of likely N-dealkylation sites (N-methyl/N-ethyl adjacent to an activating group) is 2. The van der Waals surface area contributed by atoms with Gasteiger partial charge in [0.1, 0.15) is 95.7 Å². The lowest BCUT2D eigenvalue weighted by atomic mass is 9.84. The third kappa shape index (κ3) is 22.9. The zero-order chi connectivity index (χ0) is 90.6. The van der Waals surface area contributed by atoms with Crippen LogP contribution in [0.1, 0.15) is 130 Å². The molecular formula is C84H96Cl4N14O23. The highest BCUT2D eigenvalue weighted by atomic mass is 35.5. The number of benzene rings is 7. The maximum atomic E-state index is 16.3. The first-order valence-corrected chi connectivity index (χ1v) is 41.2. The summed E-state index contributed by atoms with van der Waals surface area (Å²) in [4.78, 5) is 121. The first kappa shape index (κ1) is 94.4. The zero-order valence-electron chi connectivity index (χ0n) is 68.1. The van der Waals surface area contributed by atoms with E-state index < -0.39 is 221 Å². The molecule has 9 bridgehead atoms. The quantitative estimate of drug-likeness (QED) is 0.0127. The summed E-state index contributed by atoms with van der Waals surface area (Å²) >= 11 is 26.9. The van der Waals surface area contributed by atoms with Gasteiger partial charge in [0, 0.05) is 53.9 Å². The lowest BCUT2D eigenvalue weighted by molar-refractivity contribution is -0.329. The molecular weight excluding hydrogens is 1710 g/mol. The first-order chi connectivity index (χ1) is 59.5. The van der Waals surface area contributed by atoms with Crippen molar-refractivity contribution in [2.75, 3.05) is 39.0 Å². The van der Waals surface area contributed by atoms with E-state index in [0.717, 1.165) is 54.6 Å². The van der Waals surface area contributed by atoms with Gasteiger partial charge in [-0.2, -0.15) is 0 Å². The van der Waals surface area contributed by atoms with Gasteiger partial charge in [-0.1, -0.05) is 95.7 Å². The molecule has 7 aromatic carbocycles. The normalized spacial score (nSPS) is 24.9. The Morgan fingerprint density at radius 3 is 2.07 bits per heavy atom. The summed E-state index contributed by atoms with van der Waals surface area (Å²) in [7, 11) is 2.65. The van der Waals surface area contributed by atoms with Crippen LogP contribution in [-0.2, 0) is 59.2 Å². The van der Waals surface area contributed by atoms with E-state index in [2.05, 4.69) is 57.9 Å². The molecule has 0 spiro atoms. The van der Waals surface area contributed by atoms with Crippen LogP contribution in [0.4, 0.5) is 5.69 Å². The minimum atomic E-state index is -2.33. The number of nitrogens with one attached hydrogen (secondary N) is 9. The fraction of sp³-hybridized carbons (Fsp3) is 0.405. The zero-order valence-corrected chi connectivity index (χ0v) is 71.2. The van der Waals surface area contributed by atoms with E-state index in [4.69, 9.17) is 91.0 Å². The number of anilines is 1. The van der Waals surface area contributed by atoms with Crippen molar-refractivity contribution >= 4 is 99.3 Å². The molecule has 2 saturated heterocycles. The molecule has 125 heavy (non-hydrogen) atoms. The number of hydrogen-bond donors (Lipinski definition) is 19. The van der Waals surface area contributed by atoms with Gasteiger partial charge in [0.25, 0.3) is 0 Å². The van der Waals surface area contributed by atoms with Gasteiger partial charge in [-0.25, -0.2) is 0 Å². The number of primary amides is 1. The molecule has 0 radical (unpaired) electrons. The third-order valence-corrected chi connectivity index (χ3v) is 22.6. The van der Waals surface area contributed by atoms with Crippen LogP contribution in [0.2, 0.25) is 20.1 Å². The summed E-state index contributed by atoms with van der Waals surface area (Å²) in [5.74, 6) is -13.7. The number of hydrogen-bond acceptors (Lipinski definition) is 27. The minimum absolute atomic E-state index is 0.0158. The third-order valence-electron chi connectivity index (χ3n) is 21.3. The Kier molecular flexibility index (Phi) is 31.5. The Morgan fingerprint density at radius 1 is 0.720 bits per heavy atom. The number of phenolic OH excluding ortho intramolecular Hbond substituents is 3. The van der Waals surface area contributed by atoms with Crippen molar-refractivity contribution in [1.82, 2.24) is 42.5 Å². The molecule has 668 valence electrons. The van der Waals surface area contributed by atoms with Gasteiger partial charge in [-0.3, -0.25) is 38.4 Å². The average molecular weight is 1810 g/mol. The molecule has 7 aromatic rings. The minimum Gasteiger partial charge on any atom is -0.508 e. The summed E-state index contributed by atoms with van der Waals surface area (Å²) < 4.78 is 46.2. The summed E-state index contributed by atoms with van der Waals surface area (Å²) in [6.07, 6.45) is -18.8. The van der Waals surface area contributed by atoms with Crippen LogP contribution in [0.15, 0.2) is 126 Å². The molecule has 15 unspecified atom stereocenters. The van der Waals surface area contributed by atoms with E-state index in [-0.39, 0.29) is 82.3 Å². The lowest BCUT2D eigenvalue weighted by Gasteiger charge is -2.48. The molecule has 17 atom stereocenters. The van der Waals surface area contributed by atoms with Gasteiger partial charge in [0.15, 0.2) is 23.9 Å². The van der Waals surface area contributed by atoms with Crippen molar-refractivity contribution in [3.63, 3.8) is 0 Å².